The molecule has 0 unspecified atom stereocenters. The SMILES string of the molecule is Cc1c(C(=O)Nc2ccc([C@H]3CNCCO3)cc2)n[nH]c1-c1ccccc1. The first kappa shape index (κ1) is 17.5. The number of carbonyl (C=O) groups excluding carboxylic acids is 1. The van der Waals surface area contributed by atoms with Crippen molar-refractivity contribution in [1.82, 2.24) is 15.5 Å². The lowest BCUT2D eigenvalue weighted by Gasteiger charge is -2.24. The number of nitrogens with zero attached hydrogens (tertiary/aromatic N) is 1. The number of benzene rings is 2. The summed E-state index contributed by atoms with van der Waals surface area (Å²) in [5.74, 6) is -0.228. The number of nitrogens with one attached hydrogen (secondary N) is 3. The Morgan fingerprint density at radius 3 is 2.63 bits per heavy atom. The van der Waals surface area contributed by atoms with E-state index < -0.39 is 0 Å². The predicted molar refractivity (Wildman–Crippen MR) is 105 cm³/mol. The lowest BCUT2D eigenvalue weighted by atomic mass is 10.1. The molecule has 0 radical (unpaired) electrons. The number of morpholine rings is 1. The maximum atomic E-state index is 12.6. The van der Waals surface area contributed by atoms with E-state index in [-0.39, 0.29) is 12.0 Å². The van der Waals surface area contributed by atoms with Gasteiger partial charge in [0.25, 0.3) is 5.91 Å². The van der Waals surface area contributed by atoms with Gasteiger partial charge in [0.05, 0.1) is 18.4 Å². The molecule has 0 aliphatic carbocycles. The van der Waals surface area contributed by atoms with Crippen molar-refractivity contribution in [3.05, 3.63) is 71.4 Å². The zero-order valence-electron chi connectivity index (χ0n) is 15.2. The second kappa shape index (κ2) is 7.73. The second-order valence-electron chi connectivity index (χ2n) is 6.58. The summed E-state index contributed by atoms with van der Waals surface area (Å²) in [5, 5.41) is 13.4. The Labute approximate surface area is 158 Å². The Bertz CT molecular complexity index is 913. The Morgan fingerprint density at radius 2 is 1.93 bits per heavy atom. The largest absolute Gasteiger partial charge is 0.371 e. The third kappa shape index (κ3) is 3.77. The minimum atomic E-state index is -0.228. The van der Waals surface area contributed by atoms with Gasteiger partial charge in [0.1, 0.15) is 0 Å². The summed E-state index contributed by atoms with van der Waals surface area (Å²) >= 11 is 0. The van der Waals surface area contributed by atoms with E-state index in [2.05, 4.69) is 20.8 Å². The van der Waals surface area contributed by atoms with E-state index in [1.807, 2.05) is 61.5 Å². The molecule has 1 aromatic heterocycles. The third-order valence-electron chi connectivity index (χ3n) is 4.76. The van der Waals surface area contributed by atoms with Gasteiger partial charge in [-0.2, -0.15) is 5.10 Å². The molecule has 2 aromatic carbocycles. The average Bonchev–Trinajstić information content (AvgIpc) is 3.11. The number of hydrogen-bond acceptors (Lipinski definition) is 4. The molecule has 138 valence electrons. The van der Waals surface area contributed by atoms with Crippen molar-refractivity contribution in [3.63, 3.8) is 0 Å². The fourth-order valence-corrected chi connectivity index (χ4v) is 3.26. The van der Waals surface area contributed by atoms with Crippen LogP contribution in [0.3, 0.4) is 0 Å². The summed E-state index contributed by atoms with van der Waals surface area (Å²) in [6.45, 7) is 4.31. The van der Waals surface area contributed by atoms with E-state index in [0.29, 0.717) is 12.3 Å². The molecule has 6 heteroatoms. The topological polar surface area (TPSA) is 79.0 Å². The van der Waals surface area contributed by atoms with Crippen LogP contribution in [-0.4, -0.2) is 35.8 Å². The molecule has 2 heterocycles. The standard InChI is InChI=1S/C21H22N4O2/c1-14-19(16-5-3-2-4-6-16)24-25-20(14)21(26)23-17-9-7-15(8-10-17)18-13-22-11-12-27-18/h2-10,18,22H,11-13H2,1H3,(H,23,26)(H,24,25)/t18-/m1/s1. The van der Waals surface area contributed by atoms with Crippen molar-refractivity contribution in [2.24, 2.45) is 0 Å². The van der Waals surface area contributed by atoms with Crippen LogP contribution in [0.15, 0.2) is 54.6 Å². The van der Waals surface area contributed by atoms with Crippen LogP contribution in [-0.2, 0) is 4.74 Å². The molecule has 3 aromatic rings. The van der Waals surface area contributed by atoms with Crippen LogP contribution >= 0.6 is 0 Å². The first-order valence-electron chi connectivity index (χ1n) is 9.06. The highest BCUT2D eigenvalue weighted by atomic mass is 16.5. The minimum absolute atomic E-state index is 0.0607. The zero-order chi connectivity index (χ0) is 18.6. The van der Waals surface area contributed by atoms with Crippen LogP contribution in [0.4, 0.5) is 5.69 Å². The molecule has 3 N–H and O–H groups in total. The molecule has 6 nitrogen and oxygen atoms in total. The molecule has 1 fully saturated rings. The van der Waals surface area contributed by atoms with E-state index in [4.69, 9.17) is 4.74 Å². The number of carbonyl (C=O) groups is 1. The lowest BCUT2D eigenvalue weighted by molar-refractivity contribution is 0.0277. The molecular formula is C21H22N4O2. The molecule has 0 spiro atoms. The van der Waals surface area contributed by atoms with E-state index >= 15 is 0 Å². The normalized spacial score (nSPS) is 16.9. The van der Waals surface area contributed by atoms with Crippen LogP contribution in [0.2, 0.25) is 0 Å². The quantitative estimate of drug-likeness (QED) is 0.665. The Hall–Kier alpha value is -2.96. The van der Waals surface area contributed by atoms with Crippen molar-refractivity contribution >= 4 is 11.6 Å². The van der Waals surface area contributed by atoms with Crippen molar-refractivity contribution in [2.45, 2.75) is 13.0 Å². The number of rotatable bonds is 4. The summed E-state index contributed by atoms with van der Waals surface area (Å²) in [7, 11) is 0. The molecule has 1 saturated heterocycles. The first-order valence-corrected chi connectivity index (χ1v) is 9.06. The monoisotopic (exact) mass is 362 g/mol. The van der Waals surface area contributed by atoms with Crippen molar-refractivity contribution in [3.8, 4) is 11.3 Å². The molecule has 1 amide bonds. The fraction of sp³-hybridized carbons (Fsp3) is 0.238. The van der Waals surface area contributed by atoms with Crippen LogP contribution in [0.1, 0.15) is 27.7 Å². The van der Waals surface area contributed by atoms with Gasteiger partial charge in [0.2, 0.25) is 0 Å². The minimum Gasteiger partial charge on any atom is -0.371 e. The van der Waals surface area contributed by atoms with E-state index in [1.165, 1.54) is 0 Å². The van der Waals surface area contributed by atoms with Gasteiger partial charge in [0.15, 0.2) is 5.69 Å². The third-order valence-corrected chi connectivity index (χ3v) is 4.76. The van der Waals surface area contributed by atoms with E-state index in [1.54, 1.807) is 0 Å². The average molecular weight is 362 g/mol. The Morgan fingerprint density at radius 1 is 1.15 bits per heavy atom. The summed E-state index contributed by atoms with van der Waals surface area (Å²) in [5.41, 5.74) is 4.93. The number of H-pyrrole nitrogens is 1. The van der Waals surface area contributed by atoms with Gasteiger partial charge in [-0.25, -0.2) is 0 Å². The highest BCUT2D eigenvalue weighted by molar-refractivity contribution is 6.04. The van der Waals surface area contributed by atoms with Crippen LogP contribution < -0.4 is 10.6 Å². The van der Waals surface area contributed by atoms with Gasteiger partial charge in [-0.3, -0.25) is 9.89 Å². The summed E-state index contributed by atoms with van der Waals surface area (Å²) < 4.78 is 5.75. The highest BCUT2D eigenvalue weighted by Gasteiger charge is 2.18. The highest BCUT2D eigenvalue weighted by Crippen LogP contribution is 2.24. The van der Waals surface area contributed by atoms with Gasteiger partial charge in [-0.1, -0.05) is 42.5 Å². The van der Waals surface area contributed by atoms with Gasteiger partial charge in [-0.05, 0) is 30.2 Å². The number of hydrogen-bond donors (Lipinski definition) is 3. The zero-order valence-corrected chi connectivity index (χ0v) is 15.2. The lowest BCUT2D eigenvalue weighted by Crippen LogP contribution is -2.33. The molecule has 0 bridgehead atoms. The number of amides is 1. The maximum absolute atomic E-state index is 12.6. The van der Waals surface area contributed by atoms with E-state index in [9.17, 15) is 4.79 Å². The number of ether oxygens (including phenoxy) is 1. The van der Waals surface area contributed by atoms with Gasteiger partial charge >= 0.3 is 0 Å². The smallest absolute Gasteiger partial charge is 0.276 e. The summed E-state index contributed by atoms with van der Waals surface area (Å²) in [4.78, 5) is 12.6. The predicted octanol–water partition coefficient (Wildman–Crippen LogP) is 3.30. The van der Waals surface area contributed by atoms with Crippen molar-refractivity contribution in [2.75, 3.05) is 25.0 Å². The Balaban J connectivity index is 1.47. The molecule has 0 saturated carbocycles. The van der Waals surface area contributed by atoms with Crippen LogP contribution in [0, 0.1) is 6.92 Å². The van der Waals surface area contributed by atoms with Gasteiger partial charge < -0.3 is 15.4 Å². The molecule has 4 rings (SSSR count). The first-order chi connectivity index (χ1) is 13.2. The molecule has 1 atom stereocenters. The number of aromatic nitrogens is 2. The second-order valence-corrected chi connectivity index (χ2v) is 6.58. The summed E-state index contributed by atoms with van der Waals surface area (Å²) in [6.07, 6.45) is 0.0607. The molecule has 27 heavy (non-hydrogen) atoms. The van der Waals surface area contributed by atoms with E-state index in [0.717, 1.165) is 41.2 Å². The molecule has 1 aliphatic rings. The maximum Gasteiger partial charge on any atom is 0.276 e. The van der Waals surface area contributed by atoms with Gasteiger partial charge in [0, 0.05) is 24.3 Å². The van der Waals surface area contributed by atoms with Crippen LogP contribution in [0.25, 0.3) is 11.3 Å². The number of aromatic amines is 1. The van der Waals surface area contributed by atoms with Crippen molar-refractivity contribution < 1.29 is 9.53 Å². The molecular weight excluding hydrogens is 340 g/mol. The fourth-order valence-electron chi connectivity index (χ4n) is 3.26. The van der Waals surface area contributed by atoms with Crippen LogP contribution in [0.5, 0.6) is 0 Å². The summed E-state index contributed by atoms with van der Waals surface area (Å²) in [6, 6.07) is 17.6. The molecule has 1 aliphatic heterocycles. The van der Waals surface area contributed by atoms with Gasteiger partial charge in [-0.15, -0.1) is 0 Å². The van der Waals surface area contributed by atoms with Crippen molar-refractivity contribution in [1.29, 1.82) is 0 Å². The Kier molecular flexibility index (Phi) is 5.00. The number of anilines is 1.